The fraction of sp³-hybridized carbons (Fsp3) is 0.500. The minimum absolute atomic E-state index is 0.117. The quantitative estimate of drug-likeness (QED) is 0.870. The van der Waals surface area contributed by atoms with Crippen molar-refractivity contribution in [2.75, 3.05) is 19.7 Å². The molecule has 25 heavy (non-hydrogen) atoms. The molecule has 1 saturated heterocycles. The average molecular weight is 344 g/mol. The highest BCUT2D eigenvalue weighted by atomic mass is 16.5. The summed E-state index contributed by atoms with van der Waals surface area (Å²) in [6.07, 6.45) is 1.98. The second-order valence-corrected chi connectivity index (χ2v) is 6.52. The van der Waals surface area contributed by atoms with Gasteiger partial charge < -0.3 is 14.7 Å². The van der Waals surface area contributed by atoms with Crippen molar-refractivity contribution in [2.24, 2.45) is 0 Å². The van der Waals surface area contributed by atoms with Gasteiger partial charge in [0.1, 0.15) is 5.69 Å². The van der Waals surface area contributed by atoms with Gasteiger partial charge in [-0.2, -0.15) is 0 Å². The molecule has 1 fully saturated rings. The molecular weight excluding hydrogens is 320 g/mol. The van der Waals surface area contributed by atoms with Gasteiger partial charge in [-0.05, 0) is 30.5 Å². The van der Waals surface area contributed by atoms with E-state index in [2.05, 4.69) is 36.3 Å². The Morgan fingerprint density at radius 2 is 2.20 bits per heavy atom. The second kappa shape index (κ2) is 7.76. The first-order chi connectivity index (χ1) is 12.0. The number of aryl methyl sites for hydroxylation is 2. The molecule has 1 atom stereocenters. The van der Waals surface area contributed by atoms with E-state index in [1.807, 2.05) is 11.0 Å². The second-order valence-electron chi connectivity index (χ2n) is 6.52. The molecule has 0 spiro atoms. The largest absolute Gasteiger partial charge is 0.390 e. The monoisotopic (exact) mass is 344 g/mol. The topological polar surface area (TPSA) is 80.5 Å². The molecule has 1 N–H and O–H groups in total. The first-order valence-electron chi connectivity index (χ1n) is 8.50. The summed E-state index contributed by atoms with van der Waals surface area (Å²) >= 11 is 0. The zero-order valence-corrected chi connectivity index (χ0v) is 14.7. The lowest BCUT2D eigenvalue weighted by Crippen LogP contribution is -2.47. The van der Waals surface area contributed by atoms with Gasteiger partial charge >= 0.3 is 0 Å². The van der Waals surface area contributed by atoms with Crippen LogP contribution in [0.3, 0.4) is 0 Å². The molecule has 7 heteroatoms. The molecule has 7 nitrogen and oxygen atoms in total. The molecule has 134 valence electrons. The number of aliphatic hydroxyl groups excluding tert-OH is 1. The minimum atomic E-state index is -0.133. The molecule has 1 amide bonds. The lowest BCUT2D eigenvalue weighted by atomic mass is 10.0. The van der Waals surface area contributed by atoms with Gasteiger partial charge in [0, 0.05) is 13.1 Å². The minimum Gasteiger partial charge on any atom is -0.390 e. The number of carbonyl (C=O) groups is 1. The van der Waals surface area contributed by atoms with E-state index in [0.29, 0.717) is 38.4 Å². The van der Waals surface area contributed by atoms with Crippen molar-refractivity contribution in [3.63, 3.8) is 0 Å². The fourth-order valence-corrected chi connectivity index (χ4v) is 2.97. The summed E-state index contributed by atoms with van der Waals surface area (Å²) in [6.45, 7) is 6.18. The molecule has 2 aromatic rings. The van der Waals surface area contributed by atoms with E-state index in [0.717, 1.165) is 5.56 Å². The maximum atomic E-state index is 12.6. The number of hydrogen-bond acceptors (Lipinski definition) is 5. The highest BCUT2D eigenvalue weighted by molar-refractivity contribution is 5.79. The van der Waals surface area contributed by atoms with E-state index in [9.17, 15) is 4.79 Å². The summed E-state index contributed by atoms with van der Waals surface area (Å²) < 4.78 is 7.39. The highest BCUT2D eigenvalue weighted by Crippen LogP contribution is 2.13. The molecule has 0 aliphatic carbocycles. The molecule has 1 aliphatic heterocycles. The van der Waals surface area contributed by atoms with Crippen LogP contribution in [0.1, 0.15) is 22.4 Å². The van der Waals surface area contributed by atoms with Crippen molar-refractivity contribution in [3.8, 4) is 0 Å². The van der Waals surface area contributed by atoms with Crippen molar-refractivity contribution in [1.29, 1.82) is 0 Å². The maximum absolute atomic E-state index is 12.6. The summed E-state index contributed by atoms with van der Waals surface area (Å²) in [6, 6.07) is 6.16. The molecule has 0 radical (unpaired) electrons. The van der Waals surface area contributed by atoms with Crippen LogP contribution < -0.4 is 0 Å². The summed E-state index contributed by atoms with van der Waals surface area (Å²) in [5.41, 5.74) is 4.01. The lowest BCUT2D eigenvalue weighted by Gasteiger charge is -2.33. The first-order valence-corrected chi connectivity index (χ1v) is 8.50. The number of morpholine rings is 1. The lowest BCUT2D eigenvalue weighted by molar-refractivity contribution is -0.138. The van der Waals surface area contributed by atoms with Gasteiger partial charge in [-0.15, -0.1) is 5.10 Å². The number of nitrogens with zero attached hydrogens (tertiary/aromatic N) is 4. The normalized spacial score (nSPS) is 17.7. The van der Waals surface area contributed by atoms with Crippen LogP contribution in [0.4, 0.5) is 0 Å². The van der Waals surface area contributed by atoms with E-state index < -0.39 is 0 Å². The van der Waals surface area contributed by atoms with E-state index in [4.69, 9.17) is 9.84 Å². The van der Waals surface area contributed by atoms with E-state index in [1.165, 1.54) is 11.1 Å². The van der Waals surface area contributed by atoms with Crippen molar-refractivity contribution < 1.29 is 14.6 Å². The number of aromatic nitrogens is 3. The number of amides is 1. The summed E-state index contributed by atoms with van der Waals surface area (Å²) in [5, 5.41) is 16.9. The van der Waals surface area contributed by atoms with Crippen LogP contribution in [0.25, 0.3) is 0 Å². The van der Waals surface area contributed by atoms with Crippen LogP contribution in [0.2, 0.25) is 0 Å². The van der Waals surface area contributed by atoms with Crippen molar-refractivity contribution in [3.05, 3.63) is 46.8 Å². The average Bonchev–Trinajstić information content (AvgIpc) is 3.06. The van der Waals surface area contributed by atoms with Crippen LogP contribution in [0, 0.1) is 13.8 Å². The van der Waals surface area contributed by atoms with Gasteiger partial charge in [0.15, 0.2) is 0 Å². The Balaban J connectivity index is 1.58. The Labute approximate surface area is 147 Å². The molecule has 2 heterocycles. The Morgan fingerprint density at radius 1 is 1.36 bits per heavy atom. The zero-order chi connectivity index (χ0) is 17.8. The van der Waals surface area contributed by atoms with Crippen molar-refractivity contribution in [2.45, 2.75) is 39.5 Å². The van der Waals surface area contributed by atoms with Gasteiger partial charge in [-0.3, -0.25) is 4.79 Å². The predicted octanol–water partition coefficient (Wildman–Crippen LogP) is 0.857. The van der Waals surface area contributed by atoms with Crippen LogP contribution in [0.5, 0.6) is 0 Å². The van der Waals surface area contributed by atoms with Gasteiger partial charge in [-0.1, -0.05) is 23.4 Å². The molecule has 1 aliphatic rings. The SMILES string of the molecule is Cc1ccc(CC(=O)N2CCOC(Cn3cc(CO)nn3)C2)cc1C. The third kappa shape index (κ3) is 4.43. The molecule has 1 unspecified atom stereocenters. The Morgan fingerprint density at radius 3 is 2.92 bits per heavy atom. The predicted molar refractivity (Wildman–Crippen MR) is 91.9 cm³/mol. The van der Waals surface area contributed by atoms with Crippen LogP contribution in [0.15, 0.2) is 24.4 Å². The third-order valence-corrected chi connectivity index (χ3v) is 4.56. The number of ether oxygens (including phenoxy) is 1. The smallest absolute Gasteiger partial charge is 0.227 e. The standard InChI is InChI=1S/C18H24N4O3/c1-13-3-4-15(7-14(13)2)8-18(24)21-5-6-25-17(10-21)11-22-9-16(12-23)19-20-22/h3-4,7,9,17,23H,5-6,8,10-12H2,1-2H3. The summed E-state index contributed by atoms with van der Waals surface area (Å²) in [5.74, 6) is 0.117. The molecule has 1 aromatic heterocycles. The van der Waals surface area contributed by atoms with E-state index in [1.54, 1.807) is 10.9 Å². The maximum Gasteiger partial charge on any atom is 0.227 e. The first kappa shape index (κ1) is 17.6. The van der Waals surface area contributed by atoms with Crippen LogP contribution in [-0.2, 0) is 29.1 Å². The van der Waals surface area contributed by atoms with E-state index in [-0.39, 0.29) is 18.6 Å². The van der Waals surface area contributed by atoms with Crippen LogP contribution in [-0.4, -0.2) is 56.7 Å². The van der Waals surface area contributed by atoms with Gasteiger partial charge in [-0.25, -0.2) is 4.68 Å². The van der Waals surface area contributed by atoms with Gasteiger partial charge in [0.2, 0.25) is 5.91 Å². The number of carbonyl (C=O) groups excluding carboxylic acids is 1. The van der Waals surface area contributed by atoms with E-state index >= 15 is 0 Å². The third-order valence-electron chi connectivity index (χ3n) is 4.56. The fourth-order valence-electron chi connectivity index (χ4n) is 2.97. The number of benzene rings is 1. The Kier molecular flexibility index (Phi) is 5.45. The Bertz CT molecular complexity index is 744. The van der Waals surface area contributed by atoms with Crippen molar-refractivity contribution >= 4 is 5.91 Å². The number of hydrogen-bond donors (Lipinski definition) is 1. The van der Waals surface area contributed by atoms with Crippen molar-refractivity contribution in [1.82, 2.24) is 19.9 Å². The Hall–Kier alpha value is -2.25. The molecule has 1 aromatic carbocycles. The number of aliphatic hydroxyl groups is 1. The zero-order valence-electron chi connectivity index (χ0n) is 14.7. The summed E-state index contributed by atoms with van der Waals surface area (Å²) in [7, 11) is 0. The summed E-state index contributed by atoms with van der Waals surface area (Å²) in [4.78, 5) is 14.5. The van der Waals surface area contributed by atoms with Gasteiger partial charge in [0.05, 0.1) is 38.5 Å². The molecular formula is C18H24N4O3. The van der Waals surface area contributed by atoms with Crippen LogP contribution >= 0.6 is 0 Å². The highest BCUT2D eigenvalue weighted by Gasteiger charge is 2.25. The molecule has 3 rings (SSSR count). The molecule has 0 saturated carbocycles. The number of rotatable bonds is 5. The van der Waals surface area contributed by atoms with Gasteiger partial charge in [0.25, 0.3) is 0 Å². The molecule has 0 bridgehead atoms.